The first kappa shape index (κ1) is 27.4. The number of rotatable bonds is 7. The Morgan fingerprint density at radius 3 is 2.24 bits per heavy atom. The zero-order valence-corrected chi connectivity index (χ0v) is 20.9. The Bertz CT molecular complexity index is 1770. The first-order valence-electron chi connectivity index (χ1n) is 12.1. The summed E-state index contributed by atoms with van der Waals surface area (Å²) in [6.45, 7) is 0.0131. The number of amides is 1. The molecule has 0 fully saturated rings. The van der Waals surface area contributed by atoms with Gasteiger partial charge >= 0.3 is 12.1 Å². The second-order valence-electron chi connectivity index (χ2n) is 9.15. The van der Waals surface area contributed by atoms with Crippen molar-refractivity contribution in [2.45, 2.75) is 19.1 Å². The maximum absolute atomic E-state index is 14.6. The number of hydrogen-bond acceptors (Lipinski definition) is 4. The van der Waals surface area contributed by atoms with E-state index >= 15 is 0 Å². The summed E-state index contributed by atoms with van der Waals surface area (Å²) in [6.07, 6.45) is -3.09. The van der Waals surface area contributed by atoms with Crippen molar-refractivity contribution < 1.29 is 36.6 Å². The van der Waals surface area contributed by atoms with Crippen LogP contribution in [0.3, 0.4) is 0 Å². The third-order valence-corrected chi connectivity index (χ3v) is 6.37. The van der Waals surface area contributed by atoms with Gasteiger partial charge in [0.2, 0.25) is 0 Å². The van der Waals surface area contributed by atoms with Crippen LogP contribution in [-0.4, -0.2) is 31.8 Å². The van der Waals surface area contributed by atoms with Crippen LogP contribution in [0.15, 0.2) is 79.0 Å². The Balaban J connectivity index is 1.53. The van der Waals surface area contributed by atoms with Crippen molar-refractivity contribution in [2.75, 3.05) is 0 Å². The van der Waals surface area contributed by atoms with Gasteiger partial charge in [0, 0.05) is 30.3 Å². The summed E-state index contributed by atoms with van der Waals surface area (Å²) in [7, 11) is 0. The lowest BCUT2D eigenvalue weighted by atomic mass is 10.0. The minimum atomic E-state index is -4.50. The standard InChI is InChI=1S/C29H19F5N4O3/c30-21-9-10-24(31)22(13-21)19-12-23(27(39)35-14-17-1-5-18(6-2-17)28(40)41)26-25(36-37-38(26)15-19)11-16-3-7-20(8-4-16)29(32,33)34/h1-10,12-13,15H,11,14H2,(H,35,39)(H,40,41). The van der Waals surface area contributed by atoms with E-state index in [1.165, 1.54) is 53.2 Å². The molecule has 1 amide bonds. The van der Waals surface area contributed by atoms with Gasteiger partial charge in [-0.3, -0.25) is 4.79 Å². The van der Waals surface area contributed by atoms with E-state index in [1.807, 2.05) is 0 Å². The summed E-state index contributed by atoms with van der Waals surface area (Å²) in [5, 5.41) is 19.9. The number of alkyl halides is 3. The van der Waals surface area contributed by atoms with Crippen LogP contribution in [0.1, 0.15) is 43.1 Å². The zero-order chi connectivity index (χ0) is 29.3. The van der Waals surface area contributed by atoms with Crippen molar-refractivity contribution in [3.63, 3.8) is 0 Å². The molecule has 0 radical (unpaired) electrons. The molecule has 0 aliphatic heterocycles. The normalized spacial score (nSPS) is 11.5. The number of hydrogen-bond donors (Lipinski definition) is 2. The largest absolute Gasteiger partial charge is 0.478 e. The van der Waals surface area contributed by atoms with Gasteiger partial charge in [-0.25, -0.2) is 18.1 Å². The van der Waals surface area contributed by atoms with Gasteiger partial charge in [-0.05, 0) is 59.7 Å². The Hall–Kier alpha value is -5.13. The number of nitrogens with zero attached hydrogens (tertiary/aromatic N) is 3. The molecule has 0 aliphatic carbocycles. The lowest BCUT2D eigenvalue weighted by molar-refractivity contribution is -0.137. The second-order valence-corrected chi connectivity index (χ2v) is 9.15. The molecule has 2 N–H and O–H groups in total. The lowest BCUT2D eigenvalue weighted by Gasteiger charge is -2.12. The van der Waals surface area contributed by atoms with Crippen LogP contribution in [-0.2, 0) is 19.1 Å². The third kappa shape index (κ3) is 5.91. The summed E-state index contributed by atoms with van der Waals surface area (Å²) in [5.41, 5.74) is 0.865. The quantitative estimate of drug-likeness (QED) is 0.239. The molecule has 2 aromatic heterocycles. The Morgan fingerprint density at radius 2 is 1.59 bits per heavy atom. The Labute approximate surface area is 228 Å². The summed E-state index contributed by atoms with van der Waals surface area (Å²) in [5.74, 6) is -3.15. The number of carbonyl (C=O) groups excluding carboxylic acids is 1. The van der Waals surface area contributed by atoms with Crippen molar-refractivity contribution in [1.29, 1.82) is 0 Å². The number of pyridine rings is 1. The highest BCUT2D eigenvalue weighted by molar-refractivity contribution is 6.02. The minimum absolute atomic E-state index is 0.0131. The number of carboxylic acids is 1. The van der Waals surface area contributed by atoms with Crippen molar-refractivity contribution in [3.05, 3.63) is 124 Å². The number of benzene rings is 3. The van der Waals surface area contributed by atoms with E-state index in [1.54, 1.807) is 0 Å². The second kappa shape index (κ2) is 10.8. The fourth-order valence-electron chi connectivity index (χ4n) is 4.29. The van der Waals surface area contributed by atoms with Gasteiger partial charge in [-0.15, -0.1) is 5.10 Å². The van der Waals surface area contributed by atoms with E-state index in [4.69, 9.17) is 5.11 Å². The molecule has 5 rings (SSSR count). The number of carbonyl (C=O) groups is 2. The molecule has 12 heteroatoms. The molecule has 0 spiro atoms. The molecule has 3 aromatic carbocycles. The number of aromatic carboxylic acids is 1. The van der Waals surface area contributed by atoms with Gasteiger partial charge in [0.25, 0.3) is 5.91 Å². The summed E-state index contributed by atoms with van der Waals surface area (Å²) < 4.78 is 68.8. The van der Waals surface area contributed by atoms with Crippen LogP contribution in [0, 0.1) is 11.6 Å². The molecule has 0 saturated carbocycles. The highest BCUT2D eigenvalue weighted by atomic mass is 19.4. The van der Waals surface area contributed by atoms with Gasteiger partial charge in [0.1, 0.15) is 17.2 Å². The summed E-state index contributed by atoms with van der Waals surface area (Å²) >= 11 is 0. The van der Waals surface area contributed by atoms with E-state index in [9.17, 15) is 31.5 Å². The summed E-state index contributed by atoms with van der Waals surface area (Å²) in [6, 6.07) is 14.6. The number of aromatic nitrogens is 3. The van der Waals surface area contributed by atoms with Gasteiger partial charge < -0.3 is 10.4 Å². The fourth-order valence-corrected chi connectivity index (χ4v) is 4.29. The molecule has 0 saturated heterocycles. The van der Waals surface area contributed by atoms with Gasteiger partial charge in [-0.1, -0.05) is 29.5 Å². The average molecular weight is 566 g/mol. The third-order valence-electron chi connectivity index (χ3n) is 6.37. The zero-order valence-electron chi connectivity index (χ0n) is 20.9. The molecule has 0 unspecified atom stereocenters. The van der Waals surface area contributed by atoms with E-state index in [2.05, 4.69) is 15.6 Å². The fraction of sp³-hybridized carbons (Fsp3) is 0.103. The van der Waals surface area contributed by atoms with Gasteiger partial charge in [0.05, 0.1) is 22.4 Å². The van der Waals surface area contributed by atoms with E-state index in [0.717, 1.165) is 30.3 Å². The highest BCUT2D eigenvalue weighted by Crippen LogP contribution is 2.31. The maximum atomic E-state index is 14.6. The lowest BCUT2D eigenvalue weighted by Crippen LogP contribution is -2.24. The van der Waals surface area contributed by atoms with Crippen molar-refractivity contribution in [3.8, 4) is 11.1 Å². The van der Waals surface area contributed by atoms with E-state index < -0.39 is 35.3 Å². The Kier molecular flexibility index (Phi) is 7.22. The van der Waals surface area contributed by atoms with Crippen LogP contribution >= 0.6 is 0 Å². The molecular formula is C29H19F5N4O3. The monoisotopic (exact) mass is 566 g/mol. The molecule has 0 atom stereocenters. The van der Waals surface area contributed by atoms with Crippen LogP contribution in [0.25, 0.3) is 16.6 Å². The Morgan fingerprint density at radius 1 is 0.902 bits per heavy atom. The molecule has 0 aliphatic rings. The topological polar surface area (TPSA) is 96.6 Å². The van der Waals surface area contributed by atoms with Crippen LogP contribution < -0.4 is 5.32 Å². The van der Waals surface area contributed by atoms with E-state index in [-0.39, 0.29) is 46.4 Å². The van der Waals surface area contributed by atoms with E-state index in [0.29, 0.717) is 11.1 Å². The van der Waals surface area contributed by atoms with Crippen molar-refractivity contribution in [2.24, 2.45) is 0 Å². The molecule has 0 bridgehead atoms. The summed E-state index contributed by atoms with van der Waals surface area (Å²) in [4.78, 5) is 24.5. The number of carboxylic acid groups (broad SMARTS) is 1. The van der Waals surface area contributed by atoms with Crippen LogP contribution in [0.2, 0.25) is 0 Å². The highest BCUT2D eigenvalue weighted by Gasteiger charge is 2.30. The molecule has 5 aromatic rings. The predicted molar refractivity (Wildman–Crippen MR) is 137 cm³/mol. The SMILES string of the molecule is O=C(O)c1ccc(CNC(=O)c2cc(-c3cc(F)ccc3F)cn3nnc(Cc4ccc(C(F)(F)F)cc4)c23)cc1. The smallest absolute Gasteiger partial charge is 0.416 e. The first-order chi connectivity index (χ1) is 19.5. The van der Waals surface area contributed by atoms with Crippen molar-refractivity contribution in [1.82, 2.24) is 20.1 Å². The number of halogens is 5. The minimum Gasteiger partial charge on any atom is -0.478 e. The first-order valence-corrected chi connectivity index (χ1v) is 12.1. The molecule has 208 valence electrons. The van der Waals surface area contributed by atoms with Gasteiger partial charge in [-0.2, -0.15) is 13.2 Å². The number of nitrogens with one attached hydrogen (secondary N) is 1. The predicted octanol–water partition coefficient (Wildman–Crippen LogP) is 5.91. The molecule has 2 heterocycles. The number of fused-ring (bicyclic) bond motifs is 1. The maximum Gasteiger partial charge on any atom is 0.416 e. The molecule has 7 nitrogen and oxygen atoms in total. The van der Waals surface area contributed by atoms with Crippen LogP contribution in [0.4, 0.5) is 22.0 Å². The van der Waals surface area contributed by atoms with Crippen molar-refractivity contribution >= 4 is 17.4 Å². The molecule has 41 heavy (non-hydrogen) atoms. The average Bonchev–Trinajstić information content (AvgIpc) is 3.35. The van der Waals surface area contributed by atoms with Crippen LogP contribution in [0.5, 0.6) is 0 Å². The molecular weight excluding hydrogens is 547 g/mol. The van der Waals surface area contributed by atoms with Gasteiger partial charge in [0.15, 0.2) is 0 Å².